The minimum absolute atomic E-state index is 0.0695. The number of anilines is 1. The van der Waals surface area contributed by atoms with Gasteiger partial charge in [-0.2, -0.15) is 0 Å². The number of fused-ring (bicyclic) bond motifs is 1. The van der Waals surface area contributed by atoms with E-state index in [1.807, 2.05) is 36.5 Å². The summed E-state index contributed by atoms with van der Waals surface area (Å²) in [4.78, 5) is 11.3. The molecule has 1 heterocycles. The number of benzene rings is 3. The minimum Gasteiger partial charge on any atom is -0.325 e. The summed E-state index contributed by atoms with van der Waals surface area (Å²) >= 11 is 5.49. The van der Waals surface area contributed by atoms with E-state index in [0.29, 0.717) is 5.69 Å². The van der Waals surface area contributed by atoms with Crippen LogP contribution in [0.1, 0.15) is 0 Å². The smallest absolute Gasteiger partial charge is 0.239 e. The second-order valence-corrected chi connectivity index (χ2v) is 6.11. The fourth-order valence-electron chi connectivity index (χ4n) is 2.76. The fourth-order valence-corrected chi connectivity index (χ4v) is 2.83. The van der Waals surface area contributed by atoms with Crippen molar-refractivity contribution in [2.75, 3.05) is 11.2 Å². The number of hydrogen-bond acceptors (Lipinski definition) is 3. The Balaban J connectivity index is 1.59. The molecular weight excluding hydrogens is 348 g/mol. The second kappa shape index (κ2) is 6.98. The molecule has 0 radical (unpaired) electrons. The molecular formula is C20H15ClN4O. The van der Waals surface area contributed by atoms with Gasteiger partial charge in [0.2, 0.25) is 5.91 Å². The Labute approximate surface area is 155 Å². The van der Waals surface area contributed by atoms with Crippen LogP contribution in [0, 0.1) is 0 Å². The number of rotatable bonds is 4. The van der Waals surface area contributed by atoms with E-state index in [1.54, 1.807) is 16.8 Å². The van der Waals surface area contributed by atoms with Gasteiger partial charge in [-0.3, -0.25) is 4.79 Å². The summed E-state index contributed by atoms with van der Waals surface area (Å²) in [6, 6.07) is 21.8. The monoisotopic (exact) mass is 362 g/mol. The van der Waals surface area contributed by atoms with Crippen LogP contribution in [0.2, 0.25) is 0 Å². The van der Waals surface area contributed by atoms with Gasteiger partial charge in [-0.05, 0) is 41.1 Å². The van der Waals surface area contributed by atoms with Crippen LogP contribution in [0.3, 0.4) is 0 Å². The van der Waals surface area contributed by atoms with Crippen LogP contribution in [0.25, 0.3) is 27.7 Å². The van der Waals surface area contributed by atoms with Crippen molar-refractivity contribution in [2.45, 2.75) is 0 Å². The molecule has 1 amide bonds. The van der Waals surface area contributed by atoms with E-state index in [4.69, 9.17) is 11.6 Å². The molecule has 4 rings (SSSR count). The Morgan fingerprint density at radius 3 is 2.54 bits per heavy atom. The number of nitrogens with one attached hydrogen (secondary N) is 1. The molecule has 0 aliphatic rings. The lowest BCUT2D eigenvalue weighted by Gasteiger charge is -2.04. The van der Waals surface area contributed by atoms with E-state index < -0.39 is 0 Å². The quantitative estimate of drug-likeness (QED) is 0.552. The number of nitrogens with zero attached hydrogens (tertiary/aromatic N) is 3. The van der Waals surface area contributed by atoms with Crippen molar-refractivity contribution in [3.05, 3.63) is 72.9 Å². The van der Waals surface area contributed by atoms with Crippen molar-refractivity contribution in [3.63, 3.8) is 0 Å². The third kappa shape index (κ3) is 3.30. The van der Waals surface area contributed by atoms with E-state index >= 15 is 0 Å². The summed E-state index contributed by atoms with van der Waals surface area (Å²) < 4.78 is 1.71. The number of halogens is 1. The molecule has 26 heavy (non-hydrogen) atoms. The zero-order chi connectivity index (χ0) is 17.9. The average molecular weight is 363 g/mol. The molecule has 0 aliphatic carbocycles. The Morgan fingerprint density at radius 1 is 1.00 bits per heavy atom. The van der Waals surface area contributed by atoms with Crippen LogP contribution < -0.4 is 5.32 Å². The van der Waals surface area contributed by atoms with E-state index in [9.17, 15) is 4.79 Å². The van der Waals surface area contributed by atoms with Crippen LogP contribution in [0.4, 0.5) is 5.69 Å². The molecule has 0 fully saturated rings. The number of alkyl halides is 1. The summed E-state index contributed by atoms with van der Waals surface area (Å²) in [6.07, 6.45) is 1.89. The summed E-state index contributed by atoms with van der Waals surface area (Å²) in [5, 5.41) is 13.5. The molecule has 1 N–H and O–H groups in total. The zero-order valence-corrected chi connectivity index (χ0v) is 14.5. The molecule has 3 aromatic carbocycles. The Morgan fingerprint density at radius 2 is 1.77 bits per heavy atom. The van der Waals surface area contributed by atoms with Gasteiger partial charge in [0.15, 0.2) is 0 Å². The highest BCUT2D eigenvalue weighted by Gasteiger charge is 2.07. The number of carbonyl (C=O) groups excluding carboxylic acids is 1. The van der Waals surface area contributed by atoms with Crippen molar-refractivity contribution in [3.8, 4) is 16.9 Å². The highest BCUT2D eigenvalue weighted by atomic mass is 35.5. The molecule has 0 saturated carbocycles. The molecule has 0 aliphatic heterocycles. The minimum atomic E-state index is -0.237. The topological polar surface area (TPSA) is 59.8 Å². The molecule has 0 saturated heterocycles. The Kier molecular flexibility index (Phi) is 4.37. The van der Waals surface area contributed by atoms with Crippen LogP contribution in [0.5, 0.6) is 0 Å². The van der Waals surface area contributed by atoms with E-state index in [-0.39, 0.29) is 11.8 Å². The third-order valence-corrected chi connectivity index (χ3v) is 4.32. The molecule has 0 atom stereocenters. The number of aromatic nitrogens is 3. The lowest BCUT2D eigenvalue weighted by molar-refractivity contribution is -0.113. The number of carbonyl (C=O) groups is 1. The Bertz CT molecular complexity index is 1070. The van der Waals surface area contributed by atoms with Crippen LogP contribution in [0.15, 0.2) is 72.9 Å². The highest BCUT2D eigenvalue weighted by molar-refractivity contribution is 6.29. The summed E-state index contributed by atoms with van der Waals surface area (Å²) in [6.45, 7) is 0. The first-order chi connectivity index (χ1) is 12.7. The molecule has 0 spiro atoms. The van der Waals surface area contributed by atoms with Gasteiger partial charge < -0.3 is 5.32 Å². The van der Waals surface area contributed by atoms with Crippen molar-refractivity contribution in [2.24, 2.45) is 0 Å². The SMILES string of the molecule is O=C(CCl)Nc1ccc(-n2cc(-c3ccc4ccccc4c3)nn2)cc1. The van der Waals surface area contributed by atoms with Gasteiger partial charge in [-0.25, -0.2) is 4.68 Å². The molecule has 5 nitrogen and oxygen atoms in total. The highest BCUT2D eigenvalue weighted by Crippen LogP contribution is 2.23. The first-order valence-corrected chi connectivity index (χ1v) is 8.64. The van der Waals surface area contributed by atoms with Crippen molar-refractivity contribution in [1.29, 1.82) is 0 Å². The maximum absolute atomic E-state index is 11.3. The summed E-state index contributed by atoms with van der Waals surface area (Å²) in [5.74, 6) is -0.307. The zero-order valence-electron chi connectivity index (χ0n) is 13.8. The van der Waals surface area contributed by atoms with Gasteiger partial charge in [-0.1, -0.05) is 41.6 Å². The average Bonchev–Trinajstić information content (AvgIpc) is 3.18. The van der Waals surface area contributed by atoms with Crippen LogP contribution in [-0.4, -0.2) is 26.8 Å². The van der Waals surface area contributed by atoms with Crippen molar-refractivity contribution < 1.29 is 4.79 Å². The maximum Gasteiger partial charge on any atom is 0.239 e. The largest absolute Gasteiger partial charge is 0.325 e. The summed E-state index contributed by atoms with van der Waals surface area (Å²) in [7, 11) is 0. The van der Waals surface area contributed by atoms with Gasteiger partial charge >= 0.3 is 0 Å². The van der Waals surface area contributed by atoms with E-state index in [1.165, 1.54) is 10.8 Å². The molecule has 4 aromatic rings. The van der Waals surface area contributed by atoms with Crippen LogP contribution in [-0.2, 0) is 4.79 Å². The standard InChI is InChI=1S/C20H15ClN4O/c21-12-20(26)22-17-7-9-18(10-8-17)25-13-19(23-24-25)16-6-5-14-3-1-2-4-15(14)11-16/h1-11,13H,12H2,(H,22,26). The molecule has 128 valence electrons. The van der Waals surface area contributed by atoms with Crippen molar-refractivity contribution in [1.82, 2.24) is 15.0 Å². The van der Waals surface area contributed by atoms with Gasteiger partial charge in [0.1, 0.15) is 11.6 Å². The summed E-state index contributed by atoms with van der Waals surface area (Å²) in [5.41, 5.74) is 3.36. The van der Waals surface area contributed by atoms with Gasteiger partial charge in [0.05, 0.1) is 11.9 Å². The normalized spacial score (nSPS) is 10.8. The molecule has 1 aromatic heterocycles. The Hall–Kier alpha value is -3.18. The predicted molar refractivity (Wildman–Crippen MR) is 104 cm³/mol. The van der Waals surface area contributed by atoms with Crippen molar-refractivity contribution >= 4 is 34.0 Å². The lowest BCUT2D eigenvalue weighted by Crippen LogP contribution is -2.12. The maximum atomic E-state index is 11.3. The van der Waals surface area contributed by atoms with Crippen LogP contribution >= 0.6 is 11.6 Å². The molecule has 0 unspecified atom stereocenters. The van der Waals surface area contributed by atoms with E-state index in [0.717, 1.165) is 16.9 Å². The lowest BCUT2D eigenvalue weighted by atomic mass is 10.1. The first kappa shape index (κ1) is 16.3. The number of amides is 1. The van der Waals surface area contributed by atoms with Gasteiger partial charge in [0, 0.05) is 11.3 Å². The second-order valence-electron chi connectivity index (χ2n) is 5.84. The third-order valence-electron chi connectivity index (χ3n) is 4.08. The van der Waals surface area contributed by atoms with Gasteiger partial charge in [0.25, 0.3) is 0 Å². The predicted octanol–water partition coefficient (Wildman–Crippen LogP) is 4.26. The molecule has 0 bridgehead atoms. The number of hydrogen-bond donors (Lipinski definition) is 1. The first-order valence-electron chi connectivity index (χ1n) is 8.11. The van der Waals surface area contributed by atoms with Gasteiger partial charge in [-0.15, -0.1) is 16.7 Å². The van der Waals surface area contributed by atoms with E-state index in [2.05, 4.69) is 39.9 Å². The molecule has 6 heteroatoms. The fraction of sp³-hybridized carbons (Fsp3) is 0.0500.